The van der Waals surface area contributed by atoms with Crippen LogP contribution in [0.4, 0.5) is 0 Å². The van der Waals surface area contributed by atoms with E-state index in [1.807, 2.05) is 0 Å². The molecule has 0 bridgehead atoms. The van der Waals surface area contributed by atoms with Crippen molar-refractivity contribution in [2.75, 3.05) is 6.54 Å². The van der Waals surface area contributed by atoms with Gasteiger partial charge in [0.1, 0.15) is 0 Å². The molecule has 4 unspecified atom stereocenters. The quantitative estimate of drug-likeness (QED) is 0.816. The number of aromatic nitrogens is 2. The maximum atomic E-state index is 5.58. The van der Waals surface area contributed by atoms with Crippen molar-refractivity contribution in [2.45, 2.75) is 84.1 Å². The summed E-state index contributed by atoms with van der Waals surface area (Å²) in [5, 5.41) is 7.80. The largest absolute Gasteiger partial charge is 0.339 e. The van der Waals surface area contributed by atoms with Crippen molar-refractivity contribution in [1.82, 2.24) is 15.5 Å². The van der Waals surface area contributed by atoms with Crippen molar-refractivity contribution >= 4 is 0 Å². The summed E-state index contributed by atoms with van der Waals surface area (Å²) in [4.78, 5) is 4.74. The molecule has 0 radical (unpaired) electrons. The molecular weight excluding hydrogens is 262 g/mol. The van der Waals surface area contributed by atoms with E-state index in [-0.39, 0.29) is 5.92 Å². The molecule has 1 saturated carbocycles. The van der Waals surface area contributed by atoms with E-state index in [1.54, 1.807) is 0 Å². The van der Waals surface area contributed by atoms with E-state index in [0.29, 0.717) is 12.0 Å². The van der Waals surface area contributed by atoms with Crippen LogP contribution in [0.25, 0.3) is 0 Å². The molecule has 0 spiro atoms. The van der Waals surface area contributed by atoms with Gasteiger partial charge in [0, 0.05) is 12.0 Å². The average Bonchev–Trinajstić information content (AvgIpc) is 3.02. The summed E-state index contributed by atoms with van der Waals surface area (Å²) in [7, 11) is 0. The van der Waals surface area contributed by atoms with Crippen LogP contribution in [0.5, 0.6) is 0 Å². The highest BCUT2D eigenvalue weighted by atomic mass is 16.5. The van der Waals surface area contributed by atoms with Crippen molar-refractivity contribution in [3.05, 3.63) is 11.7 Å². The predicted octanol–water partition coefficient (Wildman–Crippen LogP) is 4.25. The van der Waals surface area contributed by atoms with Crippen LogP contribution in [0.1, 0.15) is 89.8 Å². The molecule has 1 aromatic rings. The zero-order valence-electron chi connectivity index (χ0n) is 14.1. The zero-order valence-corrected chi connectivity index (χ0v) is 14.1. The van der Waals surface area contributed by atoms with Crippen molar-refractivity contribution in [3.8, 4) is 0 Å². The molecule has 0 amide bonds. The number of hydrogen-bond donors (Lipinski definition) is 1. The van der Waals surface area contributed by atoms with Gasteiger partial charge in [0.25, 0.3) is 0 Å². The highest BCUT2D eigenvalue weighted by molar-refractivity contribution is 5.02. The Kier molecular flexibility index (Phi) is 6.22. The third-order valence-corrected chi connectivity index (χ3v) is 5.08. The summed E-state index contributed by atoms with van der Waals surface area (Å²) in [6.07, 6.45) is 7.47. The van der Waals surface area contributed by atoms with Gasteiger partial charge >= 0.3 is 0 Å². The van der Waals surface area contributed by atoms with Gasteiger partial charge in [-0.3, -0.25) is 0 Å². The van der Waals surface area contributed by atoms with Crippen LogP contribution in [0.2, 0.25) is 0 Å². The number of rotatable bonds is 7. The van der Waals surface area contributed by atoms with Gasteiger partial charge in [-0.2, -0.15) is 4.98 Å². The summed E-state index contributed by atoms with van der Waals surface area (Å²) in [6.45, 7) is 9.79. The topological polar surface area (TPSA) is 51.0 Å². The van der Waals surface area contributed by atoms with Crippen LogP contribution in [0.15, 0.2) is 4.52 Å². The van der Waals surface area contributed by atoms with E-state index >= 15 is 0 Å². The molecule has 0 aromatic carbocycles. The smallest absolute Gasteiger partial charge is 0.231 e. The van der Waals surface area contributed by atoms with Crippen LogP contribution in [-0.4, -0.2) is 22.7 Å². The van der Waals surface area contributed by atoms with Gasteiger partial charge in [0.2, 0.25) is 5.89 Å². The summed E-state index contributed by atoms with van der Waals surface area (Å²) < 4.78 is 5.58. The second-order valence-electron chi connectivity index (χ2n) is 6.49. The zero-order chi connectivity index (χ0) is 15.2. The lowest BCUT2D eigenvalue weighted by Gasteiger charge is -2.26. The van der Waals surface area contributed by atoms with Crippen molar-refractivity contribution in [1.29, 1.82) is 0 Å². The minimum atomic E-state index is 0.279. The Balaban J connectivity index is 2.03. The first-order chi connectivity index (χ1) is 10.2. The Hall–Kier alpha value is -0.900. The van der Waals surface area contributed by atoms with Gasteiger partial charge in [-0.1, -0.05) is 52.1 Å². The molecular formula is C17H31N3O. The monoisotopic (exact) mass is 293 g/mol. The van der Waals surface area contributed by atoms with Gasteiger partial charge in [0.15, 0.2) is 5.82 Å². The molecule has 4 heteroatoms. The summed E-state index contributed by atoms with van der Waals surface area (Å²) in [5.74, 6) is 3.38. The van der Waals surface area contributed by atoms with Gasteiger partial charge in [-0.05, 0) is 31.7 Å². The third kappa shape index (κ3) is 4.06. The van der Waals surface area contributed by atoms with E-state index in [2.05, 4.69) is 38.2 Å². The molecule has 1 aromatic heterocycles. The molecule has 0 saturated heterocycles. The molecule has 0 aliphatic heterocycles. The fraction of sp³-hybridized carbons (Fsp3) is 0.882. The molecule has 1 aliphatic carbocycles. The fourth-order valence-electron chi connectivity index (χ4n) is 3.60. The predicted molar refractivity (Wildman–Crippen MR) is 85.5 cm³/mol. The normalized spacial score (nSPS) is 25.7. The maximum Gasteiger partial charge on any atom is 0.231 e. The van der Waals surface area contributed by atoms with E-state index in [4.69, 9.17) is 9.51 Å². The Morgan fingerprint density at radius 1 is 1.29 bits per heavy atom. The Bertz CT molecular complexity index is 401. The molecule has 2 rings (SSSR count). The Labute approximate surface area is 129 Å². The fourth-order valence-corrected chi connectivity index (χ4v) is 3.60. The highest BCUT2D eigenvalue weighted by Gasteiger charge is 2.28. The molecule has 4 atom stereocenters. The van der Waals surface area contributed by atoms with E-state index in [1.165, 1.54) is 32.1 Å². The summed E-state index contributed by atoms with van der Waals surface area (Å²) in [5.41, 5.74) is 0. The van der Waals surface area contributed by atoms with E-state index < -0.39 is 0 Å². The first kappa shape index (κ1) is 16.5. The lowest BCUT2D eigenvalue weighted by Crippen LogP contribution is -2.33. The molecule has 21 heavy (non-hydrogen) atoms. The van der Waals surface area contributed by atoms with Crippen LogP contribution < -0.4 is 5.32 Å². The molecule has 1 aliphatic rings. The average molecular weight is 293 g/mol. The maximum absolute atomic E-state index is 5.58. The lowest BCUT2D eigenvalue weighted by molar-refractivity contribution is 0.292. The van der Waals surface area contributed by atoms with Crippen LogP contribution in [0, 0.1) is 5.92 Å². The molecule has 1 heterocycles. The van der Waals surface area contributed by atoms with Crippen LogP contribution in [-0.2, 0) is 0 Å². The second kappa shape index (κ2) is 7.92. The van der Waals surface area contributed by atoms with Crippen LogP contribution >= 0.6 is 0 Å². The number of nitrogens with one attached hydrogen (secondary N) is 1. The van der Waals surface area contributed by atoms with Gasteiger partial charge in [-0.15, -0.1) is 0 Å². The van der Waals surface area contributed by atoms with Crippen molar-refractivity contribution in [3.63, 3.8) is 0 Å². The van der Waals surface area contributed by atoms with Gasteiger partial charge < -0.3 is 9.84 Å². The number of likely N-dealkylation sites (N-methyl/N-ethyl adjacent to an activating group) is 1. The van der Waals surface area contributed by atoms with Gasteiger partial charge in [0.05, 0.1) is 5.92 Å². The lowest BCUT2D eigenvalue weighted by atomic mass is 9.80. The molecule has 120 valence electrons. The molecule has 1 N–H and O–H groups in total. The minimum Gasteiger partial charge on any atom is -0.339 e. The standard InChI is InChI=1S/C17H31N3O/c1-5-13-9-8-10-14(11-13)16-19-17(21-20-16)12(4)15(6-2)18-7-3/h12-15,18H,5-11H2,1-4H3. The molecule has 1 fully saturated rings. The van der Waals surface area contributed by atoms with Crippen molar-refractivity contribution < 1.29 is 4.52 Å². The van der Waals surface area contributed by atoms with Gasteiger partial charge in [-0.25, -0.2) is 0 Å². The van der Waals surface area contributed by atoms with Crippen molar-refractivity contribution in [2.24, 2.45) is 5.92 Å². The molecule has 4 nitrogen and oxygen atoms in total. The first-order valence-electron chi connectivity index (χ1n) is 8.76. The van der Waals surface area contributed by atoms with E-state index in [9.17, 15) is 0 Å². The number of hydrogen-bond acceptors (Lipinski definition) is 4. The Morgan fingerprint density at radius 2 is 2.10 bits per heavy atom. The Morgan fingerprint density at radius 3 is 2.76 bits per heavy atom. The first-order valence-corrected chi connectivity index (χ1v) is 8.76. The third-order valence-electron chi connectivity index (χ3n) is 5.08. The second-order valence-corrected chi connectivity index (χ2v) is 6.49. The number of nitrogens with zero attached hydrogens (tertiary/aromatic N) is 2. The van der Waals surface area contributed by atoms with E-state index in [0.717, 1.165) is 30.6 Å². The van der Waals surface area contributed by atoms with Crippen LogP contribution in [0.3, 0.4) is 0 Å². The minimum absolute atomic E-state index is 0.279. The summed E-state index contributed by atoms with van der Waals surface area (Å²) in [6, 6.07) is 0.415. The highest BCUT2D eigenvalue weighted by Crippen LogP contribution is 2.36. The SMILES string of the molecule is CCNC(CC)C(C)c1nc(C2CCCC(CC)C2)no1. The summed E-state index contributed by atoms with van der Waals surface area (Å²) >= 11 is 0.